The van der Waals surface area contributed by atoms with E-state index in [1.165, 1.54) is 6.08 Å². The van der Waals surface area contributed by atoms with E-state index in [0.29, 0.717) is 29.4 Å². The number of amides is 1. The van der Waals surface area contributed by atoms with Crippen molar-refractivity contribution < 1.29 is 14.3 Å². The second-order valence-corrected chi connectivity index (χ2v) is 7.32. The number of methoxy groups -OCH3 is 1. The van der Waals surface area contributed by atoms with Gasteiger partial charge in [-0.05, 0) is 40.6 Å². The summed E-state index contributed by atoms with van der Waals surface area (Å²) in [6, 6.07) is 30.5. The highest BCUT2D eigenvalue weighted by Crippen LogP contribution is 2.25. The standard InChI is InChI=1S/C28H22N2O3/c1-32-25-13-7-12-24(17-25)30-28(31)23(18-29)16-21-9-3-5-15-27(21)33-19-22-11-6-10-20-8-2-4-14-26(20)22/h2-17H,19H2,1H3,(H,30,31)/b23-16+. The fraction of sp³-hybridized carbons (Fsp3) is 0.0714. The van der Waals surface area contributed by atoms with Crippen molar-refractivity contribution in [3.05, 3.63) is 108 Å². The van der Waals surface area contributed by atoms with Gasteiger partial charge in [-0.15, -0.1) is 0 Å². The van der Waals surface area contributed by atoms with Crippen LogP contribution in [-0.2, 0) is 11.4 Å². The van der Waals surface area contributed by atoms with Crippen LogP contribution in [0.25, 0.3) is 16.8 Å². The van der Waals surface area contributed by atoms with Crippen LogP contribution >= 0.6 is 0 Å². The summed E-state index contributed by atoms with van der Waals surface area (Å²) in [5.74, 6) is 0.699. The summed E-state index contributed by atoms with van der Waals surface area (Å²) in [5, 5.41) is 14.6. The Morgan fingerprint density at radius 1 is 0.970 bits per heavy atom. The van der Waals surface area contributed by atoms with Crippen molar-refractivity contribution in [1.82, 2.24) is 0 Å². The number of nitriles is 1. The van der Waals surface area contributed by atoms with Crippen LogP contribution in [0.15, 0.2) is 96.6 Å². The Balaban J connectivity index is 1.55. The number of benzene rings is 4. The fourth-order valence-corrected chi connectivity index (χ4v) is 3.51. The van der Waals surface area contributed by atoms with E-state index in [2.05, 4.69) is 23.5 Å². The molecule has 0 spiro atoms. The summed E-state index contributed by atoms with van der Waals surface area (Å²) in [6.07, 6.45) is 1.54. The number of nitrogens with zero attached hydrogens (tertiary/aromatic N) is 1. The Morgan fingerprint density at radius 3 is 2.58 bits per heavy atom. The van der Waals surface area contributed by atoms with Gasteiger partial charge in [0.25, 0.3) is 5.91 Å². The molecule has 33 heavy (non-hydrogen) atoms. The van der Waals surface area contributed by atoms with Gasteiger partial charge >= 0.3 is 0 Å². The van der Waals surface area contributed by atoms with E-state index in [1.807, 2.05) is 54.6 Å². The zero-order valence-corrected chi connectivity index (χ0v) is 18.1. The first-order valence-corrected chi connectivity index (χ1v) is 10.4. The summed E-state index contributed by atoms with van der Waals surface area (Å²) in [7, 11) is 1.55. The van der Waals surface area contributed by atoms with Crippen LogP contribution in [0.5, 0.6) is 11.5 Å². The molecule has 0 aromatic heterocycles. The predicted octanol–water partition coefficient (Wildman–Crippen LogP) is 5.97. The number of ether oxygens (including phenoxy) is 2. The molecule has 162 valence electrons. The number of para-hydroxylation sites is 1. The van der Waals surface area contributed by atoms with Crippen LogP contribution in [0.2, 0.25) is 0 Å². The van der Waals surface area contributed by atoms with Crippen molar-refractivity contribution in [2.75, 3.05) is 12.4 Å². The molecule has 0 heterocycles. The number of anilines is 1. The first kappa shape index (κ1) is 21.7. The maximum absolute atomic E-state index is 12.7. The molecule has 0 unspecified atom stereocenters. The first-order valence-electron chi connectivity index (χ1n) is 10.4. The fourth-order valence-electron chi connectivity index (χ4n) is 3.51. The van der Waals surface area contributed by atoms with Gasteiger partial charge in [0, 0.05) is 17.3 Å². The molecule has 0 aliphatic heterocycles. The van der Waals surface area contributed by atoms with E-state index in [1.54, 1.807) is 31.4 Å². The van der Waals surface area contributed by atoms with E-state index in [-0.39, 0.29) is 5.57 Å². The predicted molar refractivity (Wildman–Crippen MR) is 130 cm³/mol. The van der Waals surface area contributed by atoms with E-state index >= 15 is 0 Å². The number of rotatable bonds is 7. The highest BCUT2D eigenvalue weighted by molar-refractivity contribution is 6.09. The Labute approximate surface area is 192 Å². The van der Waals surface area contributed by atoms with E-state index < -0.39 is 5.91 Å². The highest BCUT2D eigenvalue weighted by Gasteiger charge is 2.12. The molecule has 5 heteroatoms. The van der Waals surface area contributed by atoms with Gasteiger partial charge in [-0.3, -0.25) is 4.79 Å². The molecular weight excluding hydrogens is 412 g/mol. The molecule has 0 saturated heterocycles. The van der Waals surface area contributed by atoms with Crippen molar-refractivity contribution in [3.63, 3.8) is 0 Å². The van der Waals surface area contributed by atoms with Crippen LogP contribution in [0.3, 0.4) is 0 Å². The molecule has 0 fully saturated rings. The number of carbonyl (C=O) groups excluding carboxylic acids is 1. The van der Waals surface area contributed by atoms with Crippen LogP contribution in [0.1, 0.15) is 11.1 Å². The number of carbonyl (C=O) groups is 1. The highest BCUT2D eigenvalue weighted by atomic mass is 16.5. The lowest BCUT2D eigenvalue weighted by molar-refractivity contribution is -0.112. The number of hydrogen-bond acceptors (Lipinski definition) is 4. The molecule has 0 aliphatic carbocycles. The maximum atomic E-state index is 12.7. The summed E-state index contributed by atoms with van der Waals surface area (Å²) in [5.41, 5.74) is 2.22. The summed E-state index contributed by atoms with van der Waals surface area (Å²) < 4.78 is 11.3. The smallest absolute Gasteiger partial charge is 0.266 e. The SMILES string of the molecule is COc1cccc(NC(=O)/C(C#N)=C/c2ccccc2OCc2cccc3ccccc23)c1. The molecule has 0 aliphatic rings. The Morgan fingerprint density at radius 2 is 1.73 bits per heavy atom. The molecule has 4 rings (SSSR count). The van der Waals surface area contributed by atoms with Crippen molar-refractivity contribution in [1.29, 1.82) is 5.26 Å². The van der Waals surface area contributed by atoms with Gasteiger partial charge in [0.1, 0.15) is 29.7 Å². The van der Waals surface area contributed by atoms with Gasteiger partial charge in [0.15, 0.2) is 0 Å². The van der Waals surface area contributed by atoms with Crippen molar-refractivity contribution in [2.45, 2.75) is 6.61 Å². The Kier molecular flexibility index (Phi) is 6.67. The van der Waals surface area contributed by atoms with Crippen molar-refractivity contribution >= 4 is 28.4 Å². The molecule has 0 saturated carbocycles. The van der Waals surface area contributed by atoms with Gasteiger partial charge < -0.3 is 14.8 Å². The number of fused-ring (bicyclic) bond motifs is 1. The third-order valence-electron chi connectivity index (χ3n) is 5.17. The van der Waals surface area contributed by atoms with Crippen LogP contribution in [-0.4, -0.2) is 13.0 Å². The van der Waals surface area contributed by atoms with Gasteiger partial charge in [-0.2, -0.15) is 5.26 Å². The van der Waals surface area contributed by atoms with E-state index in [4.69, 9.17) is 9.47 Å². The lowest BCUT2D eigenvalue weighted by atomic mass is 10.1. The van der Waals surface area contributed by atoms with Crippen LogP contribution < -0.4 is 14.8 Å². The third-order valence-corrected chi connectivity index (χ3v) is 5.17. The Hall–Kier alpha value is -4.56. The monoisotopic (exact) mass is 434 g/mol. The van der Waals surface area contributed by atoms with Crippen LogP contribution in [0.4, 0.5) is 5.69 Å². The second kappa shape index (κ2) is 10.2. The molecule has 0 atom stereocenters. The minimum Gasteiger partial charge on any atom is -0.497 e. The quantitative estimate of drug-likeness (QED) is 0.287. The largest absolute Gasteiger partial charge is 0.497 e. The maximum Gasteiger partial charge on any atom is 0.266 e. The van der Waals surface area contributed by atoms with Crippen molar-refractivity contribution in [3.8, 4) is 17.6 Å². The average Bonchev–Trinajstić information content (AvgIpc) is 2.86. The normalized spacial score (nSPS) is 11.0. The zero-order valence-electron chi connectivity index (χ0n) is 18.1. The topological polar surface area (TPSA) is 71.3 Å². The van der Waals surface area contributed by atoms with Gasteiger partial charge in [-0.1, -0.05) is 66.7 Å². The van der Waals surface area contributed by atoms with E-state index in [9.17, 15) is 10.1 Å². The molecule has 1 amide bonds. The first-order chi connectivity index (χ1) is 16.2. The lowest BCUT2D eigenvalue weighted by Gasteiger charge is -2.12. The minimum atomic E-state index is -0.505. The Bertz CT molecular complexity index is 1360. The molecule has 1 N–H and O–H groups in total. The van der Waals surface area contributed by atoms with Gasteiger partial charge in [-0.25, -0.2) is 0 Å². The second-order valence-electron chi connectivity index (χ2n) is 7.32. The van der Waals surface area contributed by atoms with Gasteiger partial charge in [0.2, 0.25) is 0 Å². The van der Waals surface area contributed by atoms with Crippen molar-refractivity contribution in [2.24, 2.45) is 0 Å². The molecule has 0 bridgehead atoms. The summed E-state index contributed by atoms with van der Waals surface area (Å²) >= 11 is 0. The molecule has 4 aromatic rings. The molecule has 5 nitrogen and oxygen atoms in total. The minimum absolute atomic E-state index is 0.0287. The molecule has 4 aromatic carbocycles. The molecular formula is C28H22N2O3. The van der Waals surface area contributed by atoms with Gasteiger partial charge in [0.05, 0.1) is 7.11 Å². The number of hydrogen-bond donors (Lipinski definition) is 1. The zero-order chi connectivity index (χ0) is 23.0. The summed E-state index contributed by atoms with van der Waals surface area (Å²) in [4.78, 5) is 12.7. The molecule has 0 radical (unpaired) electrons. The average molecular weight is 434 g/mol. The van der Waals surface area contributed by atoms with Crippen LogP contribution in [0, 0.1) is 11.3 Å². The number of nitrogens with one attached hydrogen (secondary N) is 1. The lowest BCUT2D eigenvalue weighted by Crippen LogP contribution is -2.13. The van der Waals surface area contributed by atoms with E-state index in [0.717, 1.165) is 16.3 Å². The summed E-state index contributed by atoms with van der Waals surface area (Å²) in [6.45, 7) is 0.365. The third kappa shape index (κ3) is 5.20.